The molecule has 0 saturated carbocycles. The molecule has 2 heterocycles. The molecule has 2 aliphatic rings. The number of ether oxygens (including phenoxy) is 2. The molecule has 0 aromatic rings. The zero-order chi connectivity index (χ0) is 24.7. The summed E-state index contributed by atoms with van der Waals surface area (Å²) in [6.07, 6.45) is 1.88. The summed E-state index contributed by atoms with van der Waals surface area (Å²) < 4.78 is 36.5. The fourth-order valence-corrected chi connectivity index (χ4v) is 3.40. The molecule has 32 heavy (non-hydrogen) atoms. The maximum Gasteiger partial charge on any atom is 0.410 e. The lowest BCUT2D eigenvalue weighted by Crippen LogP contribution is -2.51. The van der Waals surface area contributed by atoms with Crippen LogP contribution in [0.2, 0.25) is 0 Å². The predicted molar refractivity (Wildman–Crippen MR) is 120 cm³/mol. The Balaban J connectivity index is 0.000000330. The van der Waals surface area contributed by atoms with Crippen LogP contribution in [0.3, 0.4) is 0 Å². The van der Waals surface area contributed by atoms with E-state index in [-0.39, 0.29) is 25.4 Å². The monoisotopic (exact) mass is 480 g/mol. The van der Waals surface area contributed by atoms with Gasteiger partial charge in [-0.25, -0.2) is 9.59 Å². The van der Waals surface area contributed by atoms with Crippen molar-refractivity contribution in [3.63, 3.8) is 0 Å². The summed E-state index contributed by atoms with van der Waals surface area (Å²) >= 11 is 0. The molecule has 2 aliphatic heterocycles. The zero-order valence-electron chi connectivity index (χ0n) is 20.4. The van der Waals surface area contributed by atoms with Gasteiger partial charge in [0.1, 0.15) is 11.2 Å². The highest BCUT2D eigenvalue weighted by Crippen LogP contribution is 2.22. The molecule has 0 aromatic heterocycles. The molecule has 2 saturated heterocycles. The van der Waals surface area contributed by atoms with E-state index in [4.69, 9.17) is 14.6 Å². The minimum absolute atomic E-state index is 0.172. The van der Waals surface area contributed by atoms with Gasteiger partial charge in [-0.05, 0) is 66.2 Å². The standard InChI is InChI=1S/C11H21NO5S.C10H19NO3/c1-11(2,3)17-10(13)12-7-9(8-12)5-6-16-18(4,14)15;1-10(2,3)14-9(13)11-6-8(7-11)4-5-12/h9H,5-8H2,1-4H3;8,12H,4-7H2,1-3H3. The van der Waals surface area contributed by atoms with Crippen molar-refractivity contribution in [2.75, 3.05) is 45.6 Å². The third kappa shape index (κ3) is 11.9. The number of aliphatic hydroxyl groups excluding tert-OH is 1. The molecule has 188 valence electrons. The van der Waals surface area contributed by atoms with Gasteiger partial charge in [-0.15, -0.1) is 0 Å². The maximum absolute atomic E-state index is 11.6. The summed E-state index contributed by atoms with van der Waals surface area (Å²) in [6, 6.07) is 0. The van der Waals surface area contributed by atoms with Crippen LogP contribution in [-0.2, 0) is 23.8 Å². The van der Waals surface area contributed by atoms with Crippen molar-refractivity contribution in [3.8, 4) is 0 Å². The number of carbonyl (C=O) groups is 2. The van der Waals surface area contributed by atoms with Crippen molar-refractivity contribution >= 4 is 22.3 Å². The molecular weight excluding hydrogens is 440 g/mol. The topological polar surface area (TPSA) is 123 Å². The minimum Gasteiger partial charge on any atom is -0.444 e. The van der Waals surface area contributed by atoms with E-state index in [1.54, 1.807) is 9.80 Å². The number of likely N-dealkylation sites (tertiary alicyclic amines) is 2. The van der Waals surface area contributed by atoms with E-state index >= 15 is 0 Å². The highest BCUT2D eigenvalue weighted by atomic mass is 32.2. The Bertz CT molecular complexity index is 715. The van der Waals surface area contributed by atoms with E-state index in [2.05, 4.69) is 4.18 Å². The first-order valence-electron chi connectivity index (χ1n) is 10.9. The second kappa shape index (κ2) is 11.5. The summed E-state index contributed by atoms with van der Waals surface area (Å²) in [5.41, 5.74) is -0.902. The van der Waals surface area contributed by atoms with Gasteiger partial charge in [0.2, 0.25) is 0 Å². The number of carbonyl (C=O) groups excluding carboxylic acids is 2. The second-order valence-corrected chi connectivity index (χ2v) is 12.0. The zero-order valence-corrected chi connectivity index (χ0v) is 21.2. The van der Waals surface area contributed by atoms with Gasteiger partial charge in [0, 0.05) is 32.8 Å². The first-order chi connectivity index (χ1) is 14.5. The largest absolute Gasteiger partial charge is 0.444 e. The molecule has 0 radical (unpaired) electrons. The molecule has 11 heteroatoms. The van der Waals surface area contributed by atoms with Gasteiger partial charge in [-0.2, -0.15) is 8.42 Å². The SMILES string of the molecule is CC(C)(C)OC(=O)N1CC(CCO)C1.CC(C)(C)OC(=O)N1CC(CCOS(C)(=O)=O)C1. The highest BCUT2D eigenvalue weighted by Gasteiger charge is 2.34. The van der Waals surface area contributed by atoms with Crippen LogP contribution < -0.4 is 0 Å². The summed E-state index contributed by atoms with van der Waals surface area (Å²) in [4.78, 5) is 26.3. The first kappa shape index (κ1) is 28.4. The lowest BCUT2D eigenvalue weighted by Gasteiger charge is -2.39. The van der Waals surface area contributed by atoms with Crippen LogP contribution in [0.25, 0.3) is 0 Å². The van der Waals surface area contributed by atoms with Gasteiger partial charge >= 0.3 is 12.2 Å². The molecule has 0 atom stereocenters. The molecule has 0 spiro atoms. The van der Waals surface area contributed by atoms with Gasteiger partial charge in [0.25, 0.3) is 10.1 Å². The number of nitrogens with zero attached hydrogens (tertiary/aromatic N) is 2. The van der Waals surface area contributed by atoms with Crippen LogP contribution in [0, 0.1) is 11.8 Å². The lowest BCUT2D eigenvalue weighted by molar-refractivity contribution is -0.00479. The quantitative estimate of drug-likeness (QED) is 0.575. The highest BCUT2D eigenvalue weighted by molar-refractivity contribution is 7.85. The molecule has 2 rings (SSSR count). The third-order valence-electron chi connectivity index (χ3n) is 4.58. The van der Waals surface area contributed by atoms with Crippen molar-refractivity contribution in [2.24, 2.45) is 11.8 Å². The number of hydrogen-bond acceptors (Lipinski definition) is 8. The van der Waals surface area contributed by atoms with Crippen LogP contribution in [0.15, 0.2) is 0 Å². The Hall–Kier alpha value is -1.59. The van der Waals surface area contributed by atoms with Crippen molar-refractivity contribution in [1.29, 1.82) is 0 Å². The van der Waals surface area contributed by atoms with E-state index in [1.165, 1.54) is 0 Å². The molecule has 0 unspecified atom stereocenters. The number of amides is 2. The Morgan fingerprint density at radius 3 is 1.53 bits per heavy atom. The van der Waals surface area contributed by atoms with Crippen LogP contribution >= 0.6 is 0 Å². The van der Waals surface area contributed by atoms with Crippen molar-refractivity contribution in [1.82, 2.24) is 9.80 Å². The van der Waals surface area contributed by atoms with Crippen molar-refractivity contribution in [3.05, 3.63) is 0 Å². The normalized spacial score (nSPS) is 17.6. The molecular formula is C21H40N2O8S. The van der Waals surface area contributed by atoms with E-state index in [1.807, 2.05) is 41.5 Å². The number of hydrogen-bond donors (Lipinski definition) is 1. The van der Waals surface area contributed by atoms with Crippen LogP contribution in [0.5, 0.6) is 0 Å². The summed E-state index contributed by atoms with van der Waals surface area (Å²) in [5, 5.41) is 8.68. The Morgan fingerprint density at radius 1 is 0.844 bits per heavy atom. The third-order valence-corrected chi connectivity index (χ3v) is 5.17. The smallest absolute Gasteiger partial charge is 0.410 e. The van der Waals surface area contributed by atoms with Gasteiger partial charge in [0.15, 0.2) is 0 Å². The fraction of sp³-hybridized carbons (Fsp3) is 0.905. The molecule has 0 bridgehead atoms. The van der Waals surface area contributed by atoms with Gasteiger partial charge < -0.3 is 24.4 Å². The number of rotatable bonds is 6. The Kier molecular flexibility index (Phi) is 10.2. The summed E-state index contributed by atoms with van der Waals surface area (Å²) in [6.45, 7) is 14.0. The van der Waals surface area contributed by atoms with E-state index in [0.717, 1.165) is 25.8 Å². The fourth-order valence-electron chi connectivity index (χ4n) is 3.00. The maximum atomic E-state index is 11.6. The minimum atomic E-state index is -3.36. The van der Waals surface area contributed by atoms with Crippen LogP contribution in [0.4, 0.5) is 9.59 Å². The molecule has 2 fully saturated rings. The molecule has 2 amide bonds. The predicted octanol–water partition coefficient (Wildman–Crippen LogP) is 2.46. The van der Waals surface area contributed by atoms with E-state index < -0.39 is 21.3 Å². The van der Waals surface area contributed by atoms with Crippen LogP contribution in [0.1, 0.15) is 54.4 Å². The number of aliphatic hydroxyl groups is 1. The average molecular weight is 481 g/mol. The second-order valence-electron chi connectivity index (χ2n) is 10.3. The summed E-state index contributed by atoms with van der Waals surface area (Å²) in [7, 11) is -3.36. The lowest BCUT2D eigenvalue weighted by atomic mass is 9.97. The van der Waals surface area contributed by atoms with Crippen LogP contribution in [-0.4, -0.2) is 92.4 Å². The van der Waals surface area contributed by atoms with E-state index in [9.17, 15) is 18.0 Å². The summed E-state index contributed by atoms with van der Waals surface area (Å²) in [5.74, 6) is 0.742. The van der Waals surface area contributed by atoms with Crippen molar-refractivity contribution < 1.29 is 36.8 Å². The average Bonchev–Trinajstić information content (AvgIpc) is 2.48. The van der Waals surface area contributed by atoms with Gasteiger partial charge in [0.05, 0.1) is 12.9 Å². The van der Waals surface area contributed by atoms with Gasteiger partial charge in [-0.3, -0.25) is 4.18 Å². The van der Waals surface area contributed by atoms with Crippen molar-refractivity contribution in [2.45, 2.75) is 65.6 Å². The first-order valence-corrected chi connectivity index (χ1v) is 12.7. The molecule has 1 N–H and O–H groups in total. The van der Waals surface area contributed by atoms with E-state index in [0.29, 0.717) is 31.3 Å². The molecule has 0 aliphatic carbocycles. The molecule has 0 aromatic carbocycles. The molecule has 10 nitrogen and oxygen atoms in total. The Morgan fingerprint density at radius 2 is 1.22 bits per heavy atom. The Labute approximate surface area is 192 Å². The van der Waals surface area contributed by atoms with Gasteiger partial charge in [-0.1, -0.05) is 0 Å².